The molecule has 0 aromatic rings. The molecule has 13 heavy (non-hydrogen) atoms. The van der Waals surface area contributed by atoms with Gasteiger partial charge in [-0.1, -0.05) is 0 Å². The molecular formula is O8P2Ta3. The van der Waals surface area contributed by atoms with Gasteiger partial charge in [0.2, 0.25) is 0 Å². The summed E-state index contributed by atoms with van der Waals surface area (Å²) in [6, 6.07) is 0. The Balaban J connectivity index is -0.0000000267. The third-order valence-electron chi connectivity index (χ3n) is 0. The summed E-state index contributed by atoms with van der Waals surface area (Å²) in [6.07, 6.45) is 0. The fourth-order valence-corrected chi connectivity index (χ4v) is 0. The van der Waals surface area contributed by atoms with Crippen LogP contribution < -0.4 is 29.4 Å². The Bertz CT molecular complexity index is 130. The number of phosphoric acid groups is 2. The molecule has 0 fully saturated rings. The Kier molecular flexibility index (Phi) is 28.4. The summed E-state index contributed by atoms with van der Waals surface area (Å²) in [6.45, 7) is 0. The van der Waals surface area contributed by atoms with Crippen molar-refractivity contribution in [3.05, 3.63) is 0 Å². The topological polar surface area (TPSA) is 172 Å². The minimum Gasteiger partial charge on any atom is -0.822 e. The molecule has 13 heteroatoms. The molecule has 8 nitrogen and oxygen atoms in total. The van der Waals surface area contributed by atoms with Gasteiger partial charge in [-0.2, -0.15) is 15.6 Å². The van der Waals surface area contributed by atoms with Crippen LogP contribution in [0.25, 0.3) is 0 Å². The predicted octanol–water partition coefficient (Wildman–Crippen LogP) is -5.66. The zero-order valence-corrected chi connectivity index (χ0v) is 16.9. The van der Waals surface area contributed by atoms with Crippen LogP contribution in [0.2, 0.25) is 0 Å². The van der Waals surface area contributed by atoms with Gasteiger partial charge in [0.1, 0.15) is 0 Å². The van der Waals surface area contributed by atoms with Crippen molar-refractivity contribution in [1.29, 1.82) is 0 Å². The standard InChI is InChI=1S/2H3O4P.3Ta/c2*1-5(2,3)4;;;/h2*(H3,1,2,3,4);;;/q;;3*+2/p-6. The van der Waals surface area contributed by atoms with E-state index < -0.39 is 15.6 Å². The van der Waals surface area contributed by atoms with Crippen LogP contribution in [0.15, 0.2) is 0 Å². The van der Waals surface area contributed by atoms with E-state index in [2.05, 4.69) is 0 Å². The molecule has 0 aromatic carbocycles. The van der Waals surface area contributed by atoms with Crippen molar-refractivity contribution in [1.82, 2.24) is 0 Å². The average molecular weight is 733 g/mol. The third-order valence-corrected chi connectivity index (χ3v) is 0. The van der Waals surface area contributed by atoms with Gasteiger partial charge in [-0.25, -0.2) is 0 Å². The van der Waals surface area contributed by atoms with Gasteiger partial charge in [0.05, 0.1) is 0 Å². The van der Waals surface area contributed by atoms with Crippen LogP contribution in [0.4, 0.5) is 0 Å². The molecule has 0 aliphatic carbocycles. The Morgan fingerprint density at radius 3 is 0.538 bits per heavy atom. The minimum absolute atomic E-state index is 0. The first-order valence-corrected chi connectivity index (χ1v) is 4.38. The SMILES string of the molecule is O=P([O-])([O-])[O-].O=P([O-])([O-])[O-].[Ta+2].[Ta+2].[Ta+2]. The molecule has 0 saturated heterocycles. The van der Waals surface area contributed by atoms with Crippen LogP contribution in [-0.4, -0.2) is 0 Å². The number of hydrogen-bond acceptors (Lipinski definition) is 8. The van der Waals surface area contributed by atoms with Crippen LogP contribution in [0.3, 0.4) is 0 Å². The van der Waals surface area contributed by atoms with Crippen molar-refractivity contribution in [2.75, 3.05) is 0 Å². The monoisotopic (exact) mass is 733 g/mol. The summed E-state index contributed by atoms with van der Waals surface area (Å²) in [4.78, 5) is 51.3. The second-order valence-corrected chi connectivity index (χ2v) is 2.68. The van der Waals surface area contributed by atoms with E-state index in [4.69, 9.17) is 38.5 Å². The summed E-state index contributed by atoms with van der Waals surface area (Å²) in [5.74, 6) is 0. The molecule has 0 unspecified atom stereocenters. The molecule has 0 saturated carbocycles. The summed E-state index contributed by atoms with van der Waals surface area (Å²) in [7, 11) is -10.8. The first kappa shape index (κ1) is 29.5. The van der Waals surface area contributed by atoms with Crippen LogP contribution in [0.1, 0.15) is 0 Å². The van der Waals surface area contributed by atoms with E-state index in [1.807, 2.05) is 0 Å². The Hall–Kier alpha value is 2.44. The van der Waals surface area contributed by atoms with E-state index in [1.54, 1.807) is 0 Å². The summed E-state index contributed by atoms with van der Waals surface area (Å²) in [5, 5.41) is 0. The van der Waals surface area contributed by atoms with E-state index in [9.17, 15) is 0 Å². The molecule has 0 aliphatic heterocycles. The average Bonchev–Trinajstić information content (AvgIpc) is 1.12. The number of rotatable bonds is 0. The quantitative estimate of drug-likeness (QED) is 0.222. The number of hydrogen-bond donors (Lipinski definition) is 0. The van der Waals surface area contributed by atoms with Crippen molar-refractivity contribution in [3.63, 3.8) is 0 Å². The summed E-state index contributed by atoms with van der Waals surface area (Å²) < 4.78 is 17.1. The van der Waals surface area contributed by atoms with Gasteiger partial charge in [0.25, 0.3) is 0 Å². The molecule has 0 aromatic heterocycles. The van der Waals surface area contributed by atoms with E-state index in [-0.39, 0.29) is 67.1 Å². The molecular weight excluding hydrogens is 733 g/mol. The summed E-state index contributed by atoms with van der Waals surface area (Å²) in [5.41, 5.74) is 0. The van der Waals surface area contributed by atoms with Gasteiger partial charge < -0.3 is 38.5 Å². The van der Waals surface area contributed by atoms with E-state index in [0.29, 0.717) is 0 Å². The van der Waals surface area contributed by atoms with E-state index >= 15 is 0 Å². The van der Waals surface area contributed by atoms with Gasteiger partial charge in [0, 0.05) is 0 Å². The summed E-state index contributed by atoms with van der Waals surface area (Å²) >= 11 is 0. The van der Waals surface area contributed by atoms with Gasteiger partial charge in [-0.3, -0.25) is 0 Å². The maximum atomic E-state index is 8.55. The van der Waals surface area contributed by atoms with Gasteiger partial charge in [-0.05, 0) is 0 Å². The zero-order chi connectivity index (χ0) is 9.00. The smallest absolute Gasteiger partial charge is 0.822 e. The van der Waals surface area contributed by atoms with Crippen molar-refractivity contribution in [2.45, 2.75) is 0 Å². The van der Waals surface area contributed by atoms with E-state index in [1.165, 1.54) is 0 Å². The van der Waals surface area contributed by atoms with Gasteiger partial charge in [-0.15, -0.1) is 0 Å². The fourth-order valence-electron chi connectivity index (χ4n) is 0. The molecule has 0 atom stereocenters. The van der Waals surface area contributed by atoms with Crippen molar-refractivity contribution in [2.24, 2.45) is 0 Å². The Morgan fingerprint density at radius 2 is 0.538 bits per heavy atom. The second-order valence-electron chi connectivity index (χ2n) is 0.894. The molecule has 0 spiro atoms. The Morgan fingerprint density at radius 1 is 0.538 bits per heavy atom. The second kappa shape index (κ2) is 12.5. The van der Waals surface area contributed by atoms with Crippen LogP contribution in [0, 0.1) is 0 Å². The molecule has 0 N–H and O–H groups in total. The van der Waals surface area contributed by atoms with Crippen LogP contribution >= 0.6 is 15.6 Å². The zero-order valence-electron chi connectivity index (χ0n) is 5.50. The molecule has 0 amide bonds. The molecule has 73 valence electrons. The van der Waals surface area contributed by atoms with Gasteiger partial charge >= 0.3 is 67.1 Å². The molecule has 0 rings (SSSR count). The van der Waals surface area contributed by atoms with Crippen molar-refractivity contribution < 1.29 is 106 Å². The Labute approximate surface area is 120 Å². The van der Waals surface area contributed by atoms with Crippen molar-refractivity contribution >= 4 is 15.6 Å². The molecule has 0 aliphatic rings. The molecule has 3 radical (unpaired) electrons. The van der Waals surface area contributed by atoms with E-state index in [0.717, 1.165) is 0 Å². The third kappa shape index (κ3) is 375. The van der Waals surface area contributed by atoms with Crippen LogP contribution in [-0.2, 0) is 76.3 Å². The fraction of sp³-hybridized carbons (Fsp3) is 0. The maximum absolute atomic E-state index is 8.55. The predicted molar refractivity (Wildman–Crippen MR) is 15.2 cm³/mol. The van der Waals surface area contributed by atoms with Gasteiger partial charge in [0.15, 0.2) is 0 Å². The van der Waals surface area contributed by atoms with Crippen molar-refractivity contribution in [3.8, 4) is 0 Å². The largest absolute Gasteiger partial charge is 2.00 e. The normalized spacial score (nSPS) is 9.08. The first-order valence-electron chi connectivity index (χ1n) is 1.46. The molecule has 0 bridgehead atoms. The maximum Gasteiger partial charge on any atom is 2.00 e. The first-order chi connectivity index (χ1) is 4.00. The van der Waals surface area contributed by atoms with Crippen LogP contribution in [0.5, 0.6) is 0 Å². The molecule has 0 heterocycles. The minimum atomic E-state index is -5.39.